The van der Waals surface area contributed by atoms with Gasteiger partial charge in [-0.05, 0) is 88.3 Å². The predicted molar refractivity (Wildman–Crippen MR) is 106 cm³/mol. The van der Waals surface area contributed by atoms with Crippen molar-refractivity contribution in [3.8, 4) is 0 Å². The van der Waals surface area contributed by atoms with Gasteiger partial charge in [0.2, 0.25) is 0 Å². The first-order valence-electron chi connectivity index (χ1n) is 11.2. The first kappa shape index (κ1) is 16.9. The summed E-state index contributed by atoms with van der Waals surface area (Å²) in [4.78, 5) is 0. The number of hydrogen-bond acceptors (Lipinski definition) is 0. The zero-order valence-electron chi connectivity index (χ0n) is 17.8. The lowest BCUT2D eigenvalue weighted by Gasteiger charge is -2.58. The van der Waals surface area contributed by atoms with E-state index < -0.39 is 0 Å². The fraction of sp³-hybridized carbons (Fsp3) is 0.920. The maximum absolute atomic E-state index is 2.70. The van der Waals surface area contributed by atoms with Gasteiger partial charge in [-0.25, -0.2) is 0 Å². The lowest BCUT2D eigenvalue weighted by atomic mass is 9.47. The Morgan fingerprint density at radius 3 is 1.84 bits per heavy atom. The number of rotatable bonds is 0. The van der Waals surface area contributed by atoms with E-state index in [0.29, 0.717) is 16.2 Å². The summed E-state index contributed by atoms with van der Waals surface area (Å²) in [6, 6.07) is 0. The summed E-state index contributed by atoms with van der Waals surface area (Å²) in [5.74, 6) is 9.27. The molecule has 0 saturated heterocycles. The van der Waals surface area contributed by atoms with Crippen LogP contribution in [-0.4, -0.2) is 0 Å². The van der Waals surface area contributed by atoms with Crippen LogP contribution in [-0.2, 0) is 0 Å². The summed E-state index contributed by atoms with van der Waals surface area (Å²) in [5.41, 5.74) is 1.67. The molecule has 25 heavy (non-hydrogen) atoms. The van der Waals surface area contributed by atoms with Gasteiger partial charge >= 0.3 is 0 Å². The molecule has 4 fully saturated rings. The van der Waals surface area contributed by atoms with Crippen LogP contribution >= 0.6 is 0 Å². The van der Waals surface area contributed by atoms with Crippen LogP contribution in [0.2, 0.25) is 0 Å². The molecular weight excluding hydrogens is 300 g/mol. The van der Waals surface area contributed by atoms with E-state index in [9.17, 15) is 0 Å². The molecule has 5 aliphatic carbocycles. The molecule has 0 aromatic heterocycles. The Hall–Kier alpha value is -0.260. The average molecular weight is 341 g/mol. The van der Waals surface area contributed by atoms with Crippen LogP contribution in [0.1, 0.15) is 68.2 Å². The molecule has 0 heteroatoms. The summed E-state index contributed by atoms with van der Waals surface area (Å²) in [6.07, 6.45) is 8.22. The van der Waals surface area contributed by atoms with E-state index in [0.717, 1.165) is 59.2 Å². The standard InChI is InChI=1S/C25H40/c1-13-11-25(12-17-9-10-18(25)23(17,5)6)16(4)20-19(13)21-14(2)15(3)22(20)24(21,7)8/h9-10,13-22H,11-12H2,1-8H3. The summed E-state index contributed by atoms with van der Waals surface area (Å²) in [7, 11) is 0. The quantitative estimate of drug-likeness (QED) is 0.432. The Labute approximate surface area is 156 Å². The summed E-state index contributed by atoms with van der Waals surface area (Å²) in [6.45, 7) is 20.9. The molecule has 4 bridgehead atoms. The normalized spacial score (nSPS) is 62.7. The summed E-state index contributed by atoms with van der Waals surface area (Å²) in [5, 5.41) is 0. The van der Waals surface area contributed by atoms with E-state index in [-0.39, 0.29) is 0 Å². The minimum atomic E-state index is 0.507. The zero-order valence-corrected chi connectivity index (χ0v) is 17.8. The van der Waals surface area contributed by atoms with Gasteiger partial charge < -0.3 is 0 Å². The third-order valence-electron chi connectivity index (χ3n) is 11.3. The van der Waals surface area contributed by atoms with Gasteiger partial charge in [0.1, 0.15) is 0 Å². The Morgan fingerprint density at radius 2 is 1.32 bits per heavy atom. The van der Waals surface area contributed by atoms with Gasteiger partial charge in [-0.1, -0.05) is 67.5 Å². The van der Waals surface area contributed by atoms with Crippen molar-refractivity contribution in [2.75, 3.05) is 0 Å². The molecule has 0 aromatic rings. The second kappa shape index (κ2) is 4.59. The van der Waals surface area contributed by atoms with Gasteiger partial charge in [0.05, 0.1) is 0 Å². The highest BCUT2D eigenvalue weighted by Crippen LogP contribution is 2.78. The molecule has 0 aromatic carbocycles. The summed E-state index contributed by atoms with van der Waals surface area (Å²) < 4.78 is 0. The molecule has 0 aliphatic heterocycles. The number of allylic oxidation sites excluding steroid dienone is 2. The van der Waals surface area contributed by atoms with Crippen LogP contribution < -0.4 is 0 Å². The molecule has 0 radical (unpaired) electrons. The van der Waals surface area contributed by atoms with Crippen LogP contribution in [0.25, 0.3) is 0 Å². The van der Waals surface area contributed by atoms with Crippen molar-refractivity contribution < 1.29 is 0 Å². The second-order valence-corrected chi connectivity index (χ2v) is 12.4. The zero-order chi connectivity index (χ0) is 18.1. The van der Waals surface area contributed by atoms with Crippen molar-refractivity contribution >= 4 is 0 Å². The van der Waals surface area contributed by atoms with E-state index in [1.165, 1.54) is 12.8 Å². The Morgan fingerprint density at radius 1 is 0.720 bits per heavy atom. The van der Waals surface area contributed by atoms with Crippen molar-refractivity contribution in [2.24, 2.45) is 75.4 Å². The molecule has 140 valence electrons. The molecule has 11 atom stereocenters. The Bertz CT molecular complexity index is 624. The molecule has 11 unspecified atom stereocenters. The van der Waals surface area contributed by atoms with E-state index >= 15 is 0 Å². The van der Waals surface area contributed by atoms with Crippen molar-refractivity contribution in [3.05, 3.63) is 12.2 Å². The first-order valence-corrected chi connectivity index (χ1v) is 11.2. The monoisotopic (exact) mass is 340 g/mol. The highest BCUT2D eigenvalue weighted by molar-refractivity contribution is 5.27. The van der Waals surface area contributed by atoms with Gasteiger partial charge in [-0.3, -0.25) is 0 Å². The van der Waals surface area contributed by atoms with Crippen LogP contribution in [0.5, 0.6) is 0 Å². The molecule has 0 heterocycles. The van der Waals surface area contributed by atoms with Crippen LogP contribution in [0.15, 0.2) is 12.2 Å². The van der Waals surface area contributed by atoms with Crippen molar-refractivity contribution in [1.29, 1.82) is 0 Å². The van der Waals surface area contributed by atoms with E-state index in [4.69, 9.17) is 0 Å². The van der Waals surface area contributed by atoms with Crippen LogP contribution in [0.3, 0.4) is 0 Å². The lowest BCUT2D eigenvalue weighted by molar-refractivity contribution is -0.0905. The number of fused-ring (bicyclic) bond motifs is 8. The predicted octanol–water partition coefficient (Wildman–Crippen LogP) is 6.67. The third-order valence-corrected chi connectivity index (χ3v) is 11.3. The van der Waals surface area contributed by atoms with Crippen LogP contribution in [0.4, 0.5) is 0 Å². The van der Waals surface area contributed by atoms with E-state index in [1.807, 2.05) is 0 Å². The fourth-order valence-electron chi connectivity index (χ4n) is 10.5. The summed E-state index contributed by atoms with van der Waals surface area (Å²) >= 11 is 0. The van der Waals surface area contributed by atoms with Crippen molar-refractivity contribution in [2.45, 2.75) is 68.2 Å². The maximum atomic E-state index is 2.70. The maximum Gasteiger partial charge on any atom is -0.0117 e. The molecule has 0 N–H and O–H groups in total. The van der Waals surface area contributed by atoms with E-state index in [1.54, 1.807) is 0 Å². The number of hydrogen-bond donors (Lipinski definition) is 0. The minimum Gasteiger partial charge on any atom is -0.0845 e. The second-order valence-electron chi connectivity index (χ2n) is 12.4. The topological polar surface area (TPSA) is 0 Å². The highest BCUT2D eigenvalue weighted by atomic mass is 14.8. The van der Waals surface area contributed by atoms with E-state index in [2.05, 4.69) is 67.5 Å². The molecule has 5 aliphatic rings. The van der Waals surface area contributed by atoms with Gasteiger partial charge in [0.25, 0.3) is 0 Å². The minimum absolute atomic E-state index is 0.507. The fourth-order valence-corrected chi connectivity index (χ4v) is 10.5. The molecule has 5 rings (SSSR count). The molecular formula is C25H40. The Balaban J connectivity index is 1.60. The van der Waals surface area contributed by atoms with Crippen molar-refractivity contribution in [1.82, 2.24) is 0 Å². The molecule has 4 saturated carbocycles. The Kier molecular flexibility index (Phi) is 3.10. The smallest absolute Gasteiger partial charge is 0.0117 e. The lowest BCUT2D eigenvalue weighted by Crippen LogP contribution is -2.52. The molecule has 0 nitrogen and oxygen atoms in total. The third kappa shape index (κ3) is 1.64. The molecule has 1 spiro atoms. The van der Waals surface area contributed by atoms with Crippen molar-refractivity contribution in [3.63, 3.8) is 0 Å². The van der Waals surface area contributed by atoms with Gasteiger partial charge in [0, 0.05) is 0 Å². The average Bonchev–Trinajstić information content (AvgIpc) is 3.07. The highest BCUT2D eigenvalue weighted by Gasteiger charge is 2.72. The van der Waals surface area contributed by atoms with Gasteiger partial charge in [-0.15, -0.1) is 0 Å². The van der Waals surface area contributed by atoms with Gasteiger partial charge in [-0.2, -0.15) is 0 Å². The largest absolute Gasteiger partial charge is 0.0845 e. The SMILES string of the molecule is CC1CC2(CC3C=CC2C3(C)C)C(C)C2C1C1C(C)C(C)C2C1(C)C. The first-order chi connectivity index (χ1) is 11.5. The van der Waals surface area contributed by atoms with Gasteiger partial charge in [0.15, 0.2) is 0 Å². The van der Waals surface area contributed by atoms with Crippen LogP contribution in [0, 0.1) is 75.4 Å². The molecule has 0 amide bonds.